The smallest absolute Gasteiger partial charge is 0.271 e. The van der Waals surface area contributed by atoms with Crippen molar-refractivity contribution >= 4 is 48.7 Å². The van der Waals surface area contributed by atoms with Crippen molar-refractivity contribution in [3.63, 3.8) is 0 Å². The number of hydrogen-bond donors (Lipinski definition) is 1. The first-order valence-corrected chi connectivity index (χ1v) is 12.6. The highest BCUT2D eigenvalue weighted by Gasteiger charge is 2.35. The zero-order valence-corrected chi connectivity index (χ0v) is 18.1. The van der Waals surface area contributed by atoms with Crippen LogP contribution in [-0.2, 0) is 20.0 Å². The first-order valence-electron chi connectivity index (χ1n) is 8.53. The number of halogens is 1. The van der Waals surface area contributed by atoms with Gasteiger partial charge in [-0.05, 0) is 63.1 Å². The Hall–Kier alpha value is -1.13. The molecule has 1 aromatic carbocycles. The van der Waals surface area contributed by atoms with Crippen molar-refractivity contribution in [2.45, 2.75) is 54.3 Å². The molecule has 148 valence electrons. The fraction of sp³-hybridized carbons (Fsp3) is 0.412. The molecule has 27 heavy (non-hydrogen) atoms. The van der Waals surface area contributed by atoms with E-state index < -0.39 is 20.0 Å². The third-order valence-electron chi connectivity index (χ3n) is 4.61. The quantitative estimate of drug-likeness (QED) is 0.744. The highest BCUT2D eigenvalue weighted by molar-refractivity contribution is 7.94. The molecule has 1 aliphatic heterocycles. The molecule has 0 aliphatic carbocycles. The Morgan fingerprint density at radius 3 is 2.11 bits per heavy atom. The molecule has 2 heterocycles. The minimum Gasteiger partial charge on any atom is -0.279 e. The lowest BCUT2D eigenvalue weighted by Crippen LogP contribution is -2.47. The summed E-state index contributed by atoms with van der Waals surface area (Å²) in [7, 11) is -7.38. The Labute approximate surface area is 169 Å². The Kier molecular flexibility index (Phi) is 5.88. The summed E-state index contributed by atoms with van der Waals surface area (Å²) in [6.07, 6.45) is 2.69. The molecule has 1 aliphatic rings. The molecule has 10 heteroatoms. The monoisotopic (exact) mass is 448 g/mol. The zero-order valence-electron chi connectivity index (χ0n) is 14.9. The van der Waals surface area contributed by atoms with Gasteiger partial charge >= 0.3 is 0 Å². The van der Waals surface area contributed by atoms with Crippen LogP contribution in [0.3, 0.4) is 0 Å². The number of hydrogen-bond acceptors (Lipinski definition) is 5. The molecule has 0 spiro atoms. The summed E-state index contributed by atoms with van der Waals surface area (Å²) in [5, 5.41) is 0. The van der Waals surface area contributed by atoms with E-state index in [1.54, 1.807) is 4.31 Å². The number of sulfonamides is 2. The van der Waals surface area contributed by atoms with Crippen LogP contribution in [0.2, 0.25) is 4.34 Å². The maximum Gasteiger partial charge on any atom is 0.271 e. The van der Waals surface area contributed by atoms with Crippen LogP contribution >= 0.6 is 22.9 Å². The van der Waals surface area contributed by atoms with Gasteiger partial charge in [0.05, 0.1) is 9.23 Å². The second-order valence-corrected chi connectivity index (χ2v) is 12.1. The van der Waals surface area contributed by atoms with Crippen molar-refractivity contribution < 1.29 is 16.8 Å². The van der Waals surface area contributed by atoms with Gasteiger partial charge in [-0.25, -0.2) is 16.8 Å². The Bertz CT molecular complexity index is 1010. The summed E-state index contributed by atoms with van der Waals surface area (Å²) in [5.74, 6) is 0. The van der Waals surface area contributed by atoms with Crippen molar-refractivity contribution in [3.05, 3.63) is 40.7 Å². The second kappa shape index (κ2) is 7.71. The second-order valence-electron chi connectivity index (χ2n) is 6.65. The predicted octanol–water partition coefficient (Wildman–Crippen LogP) is 4.15. The van der Waals surface area contributed by atoms with Crippen LogP contribution in [0.4, 0.5) is 5.69 Å². The van der Waals surface area contributed by atoms with Crippen LogP contribution < -0.4 is 4.72 Å². The Morgan fingerprint density at radius 2 is 1.59 bits per heavy atom. The summed E-state index contributed by atoms with van der Waals surface area (Å²) in [5.41, 5.74) is 0.290. The van der Waals surface area contributed by atoms with E-state index in [0.717, 1.165) is 30.6 Å². The third-order valence-corrected chi connectivity index (χ3v) is 9.86. The molecule has 3 rings (SSSR count). The van der Waals surface area contributed by atoms with Crippen LogP contribution in [0.25, 0.3) is 0 Å². The first-order chi connectivity index (χ1) is 12.6. The molecule has 1 saturated heterocycles. The van der Waals surface area contributed by atoms with E-state index in [9.17, 15) is 16.8 Å². The summed E-state index contributed by atoms with van der Waals surface area (Å²) in [4.78, 5) is 0.158. The molecule has 1 N–H and O–H groups in total. The number of nitrogens with one attached hydrogen (secondary N) is 1. The average Bonchev–Trinajstić information content (AvgIpc) is 3.02. The van der Waals surface area contributed by atoms with Crippen molar-refractivity contribution in [1.82, 2.24) is 4.31 Å². The molecule has 1 fully saturated rings. The van der Waals surface area contributed by atoms with E-state index in [1.807, 2.05) is 13.8 Å². The minimum atomic E-state index is -3.75. The van der Waals surface area contributed by atoms with Gasteiger partial charge in [-0.1, -0.05) is 18.0 Å². The van der Waals surface area contributed by atoms with Gasteiger partial charge in [-0.3, -0.25) is 4.72 Å². The molecular weight excluding hydrogens is 428 g/mol. The van der Waals surface area contributed by atoms with Gasteiger partial charge in [0.25, 0.3) is 10.0 Å². The molecule has 0 bridgehead atoms. The number of anilines is 1. The lowest BCUT2D eigenvalue weighted by molar-refractivity contribution is 0.204. The standard InChI is InChI=1S/C17H21ClN2O4S3/c1-12-4-3-5-13(2)20(12)27(23,24)15-8-6-14(7-9-15)19-26(21,22)17-11-10-16(18)25-17/h6-13,19H,3-5H2,1-2H3/t12-,13+. The normalized spacial score (nSPS) is 21.9. The summed E-state index contributed by atoms with van der Waals surface area (Å²) in [6.45, 7) is 3.84. The first kappa shape index (κ1) is 20.6. The average molecular weight is 449 g/mol. The van der Waals surface area contributed by atoms with Crippen molar-refractivity contribution in [1.29, 1.82) is 0 Å². The van der Waals surface area contributed by atoms with Gasteiger partial charge < -0.3 is 0 Å². The van der Waals surface area contributed by atoms with E-state index in [4.69, 9.17) is 11.6 Å². The predicted molar refractivity (Wildman–Crippen MR) is 108 cm³/mol. The number of piperidine rings is 1. The fourth-order valence-corrected chi connectivity index (χ4v) is 7.76. The molecule has 0 radical (unpaired) electrons. The molecule has 0 amide bonds. The van der Waals surface area contributed by atoms with E-state index in [1.165, 1.54) is 36.4 Å². The summed E-state index contributed by atoms with van der Waals surface area (Å²) < 4.78 is 55.2. The Morgan fingerprint density at radius 1 is 1.00 bits per heavy atom. The van der Waals surface area contributed by atoms with Crippen LogP contribution in [0.5, 0.6) is 0 Å². The zero-order chi connectivity index (χ0) is 19.8. The van der Waals surface area contributed by atoms with Gasteiger partial charge in [-0.2, -0.15) is 4.31 Å². The van der Waals surface area contributed by atoms with Gasteiger partial charge in [0.2, 0.25) is 10.0 Å². The van der Waals surface area contributed by atoms with Crippen LogP contribution in [0.15, 0.2) is 45.5 Å². The van der Waals surface area contributed by atoms with Gasteiger partial charge in [-0.15, -0.1) is 11.3 Å². The molecule has 2 atom stereocenters. The lowest BCUT2D eigenvalue weighted by Gasteiger charge is -2.37. The molecule has 0 unspecified atom stereocenters. The van der Waals surface area contributed by atoms with Crippen molar-refractivity contribution in [3.8, 4) is 0 Å². The van der Waals surface area contributed by atoms with Gasteiger partial charge in [0.15, 0.2) is 0 Å². The van der Waals surface area contributed by atoms with E-state index in [2.05, 4.69) is 4.72 Å². The van der Waals surface area contributed by atoms with Crippen LogP contribution in [-0.4, -0.2) is 33.2 Å². The number of benzene rings is 1. The summed E-state index contributed by atoms with van der Waals surface area (Å²) in [6, 6.07) is 8.61. The van der Waals surface area contributed by atoms with E-state index in [0.29, 0.717) is 10.0 Å². The highest BCUT2D eigenvalue weighted by atomic mass is 35.5. The molecule has 6 nitrogen and oxygen atoms in total. The Balaban J connectivity index is 1.83. The van der Waals surface area contributed by atoms with Crippen molar-refractivity contribution in [2.75, 3.05) is 4.72 Å². The van der Waals surface area contributed by atoms with Crippen molar-refractivity contribution in [2.24, 2.45) is 0 Å². The highest BCUT2D eigenvalue weighted by Crippen LogP contribution is 2.31. The minimum absolute atomic E-state index is 0.0551. The molecule has 2 aromatic rings. The third kappa shape index (κ3) is 4.32. The van der Waals surface area contributed by atoms with E-state index >= 15 is 0 Å². The SMILES string of the molecule is C[C@@H]1CCC[C@H](C)N1S(=O)(=O)c1ccc(NS(=O)(=O)c2ccc(Cl)s2)cc1. The van der Waals surface area contributed by atoms with Gasteiger partial charge in [0, 0.05) is 17.8 Å². The maximum atomic E-state index is 13.0. The number of thiophene rings is 1. The molecule has 1 aromatic heterocycles. The fourth-order valence-electron chi connectivity index (χ4n) is 3.34. The topological polar surface area (TPSA) is 83.6 Å². The maximum absolute atomic E-state index is 13.0. The van der Waals surface area contributed by atoms with Gasteiger partial charge in [0.1, 0.15) is 4.21 Å². The largest absolute Gasteiger partial charge is 0.279 e. The number of nitrogens with zero attached hydrogens (tertiary/aromatic N) is 1. The summed E-state index contributed by atoms with van der Waals surface area (Å²) >= 11 is 6.75. The number of rotatable bonds is 5. The van der Waals surface area contributed by atoms with Crippen LogP contribution in [0.1, 0.15) is 33.1 Å². The molecule has 0 saturated carbocycles. The van der Waals surface area contributed by atoms with E-state index in [-0.39, 0.29) is 21.2 Å². The molecular formula is C17H21ClN2O4S3. The van der Waals surface area contributed by atoms with Crippen LogP contribution in [0, 0.1) is 0 Å². The lowest BCUT2D eigenvalue weighted by atomic mass is 10.0.